The third kappa shape index (κ3) is 3.95. The number of hydrogen-bond acceptors (Lipinski definition) is 3. The Morgan fingerprint density at radius 3 is 2.54 bits per heavy atom. The first-order chi connectivity index (χ1) is 11.7. The topological polar surface area (TPSA) is 38.8 Å². The molecule has 0 bridgehead atoms. The maximum Gasteiger partial charge on any atom is 0.227 e. The van der Waals surface area contributed by atoms with E-state index in [1.165, 1.54) is 5.56 Å². The normalized spacial score (nSPS) is 17.6. The SMILES string of the molecule is COc1ccc(CC(=O)N2CCOC(c3ccc(C)cc3)C2)cc1. The van der Waals surface area contributed by atoms with Crippen LogP contribution in [0, 0.1) is 6.92 Å². The number of methoxy groups -OCH3 is 1. The highest BCUT2D eigenvalue weighted by Crippen LogP contribution is 2.23. The van der Waals surface area contributed by atoms with Gasteiger partial charge in [0.15, 0.2) is 0 Å². The van der Waals surface area contributed by atoms with Gasteiger partial charge in [-0.1, -0.05) is 42.0 Å². The Labute approximate surface area is 143 Å². The Morgan fingerprint density at radius 1 is 1.17 bits per heavy atom. The van der Waals surface area contributed by atoms with Crippen LogP contribution in [0.3, 0.4) is 0 Å². The fraction of sp³-hybridized carbons (Fsp3) is 0.350. The van der Waals surface area contributed by atoms with Gasteiger partial charge in [-0.25, -0.2) is 0 Å². The van der Waals surface area contributed by atoms with Gasteiger partial charge in [0.1, 0.15) is 11.9 Å². The molecule has 1 unspecified atom stereocenters. The summed E-state index contributed by atoms with van der Waals surface area (Å²) in [6.07, 6.45) is 0.365. The second-order valence-corrected chi connectivity index (χ2v) is 6.13. The van der Waals surface area contributed by atoms with E-state index in [0.29, 0.717) is 26.1 Å². The predicted octanol–water partition coefficient (Wildman–Crippen LogP) is 3.15. The smallest absolute Gasteiger partial charge is 0.227 e. The van der Waals surface area contributed by atoms with E-state index in [1.54, 1.807) is 7.11 Å². The lowest BCUT2D eigenvalue weighted by Gasteiger charge is -2.33. The standard InChI is InChI=1S/C20H23NO3/c1-15-3-7-17(8-4-15)19-14-21(11-12-24-19)20(22)13-16-5-9-18(23-2)10-6-16/h3-10,19H,11-14H2,1-2H3. The largest absolute Gasteiger partial charge is 0.497 e. The first kappa shape index (κ1) is 16.5. The van der Waals surface area contributed by atoms with Crippen molar-refractivity contribution in [2.75, 3.05) is 26.8 Å². The van der Waals surface area contributed by atoms with Crippen molar-refractivity contribution in [1.29, 1.82) is 0 Å². The van der Waals surface area contributed by atoms with Crippen LogP contribution in [0.4, 0.5) is 0 Å². The van der Waals surface area contributed by atoms with Gasteiger partial charge in [-0.3, -0.25) is 4.79 Å². The average Bonchev–Trinajstić information content (AvgIpc) is 2.63. The van der Waals surface area contributed by atoms with Crippen LogP contribution in [0.2, 0.25) is 0 Å². The molecule has 1 aliphatic heterocycles. The molecular weight excluding hydrogens is 302 g/mol. The van der Waals surface area contributed by atoms with E-state index >= 15 is 0 Å². The molecule has 24 heavy (non-hydrogen) atoms. The van der Waals surface area contributed by atoms with Crippen molar-refractivity contribution in [1.82, 2.24) is 4.90 Å². The third-order valence-electron chi connectivity index (χ3n) is 4.38. The zero-order valence-corrected chi connectivity index (χ0v) is 14.2. The Balaban J connectivity index is 1.63. The average molecular weight is 325 g/mol. The summed E-state index contributed by atoms with van der Waals surface area (Å²) in [5.74, 6) is 0.942. The number of amides is 1. The molecule has 0 spiro atoms. The Morgan fingerprint density at radius 2 is 1.88 bits per heavy atom. The van der Waals surface area contributed by atoms with E-state index in [9.17, 15) is 4.79 Å². The molecule has 1 aliphatic rings. The van der Waals surface area contributed by atoms with Gasteiger partial charge in [-0.05, 0) is 30.2 Å². The highest BCUT2D eigenvalue weighted by molar-refractivity contribution is 5.79. The summed E-state index contributed by atoms with van der Waals surface area (Å²) >= 11 is 0. The van der Waals surface area contributed by atoms with Crippen molar-refractivity contribution >= 4 is 5.91 Å². The Bertz CT molecular complexity index is 679. The van der Waals surface area contributed by atoms with E-state index in [1.807, 2.05) is 29.2 Å². The third-order valence-corrected chi connectivity index (χ3v) is 4.38. The number of ether oxygens (including phenoxy) is 2. The van der Waals surface area contributed by atoms with Crippen molar-refractivity contribution in [3.05, 3.63) is 65.2 Å². The minimum atomic E-state index is -0.0424. The van der Waals surface area contributed by atoms with Crippen molar-refractivity contribution in [2.45, 2.75) is 19.4 Å². The van der Waals surface area contributed by atoms with Crippen molar-refractivity contribution in [3.63, 3.8) is 0 Å². The van der Waals surface area contributed by atoms with Gasteiger partial charge in [0.2, 0.25) is 5.91 Å². The van der Waals surface area contributed by atoms with E-state index in [0.717, 1.165) is 16.9 Å². The summed E-state index contributed by atoms with van der Waals surface area (Å²) in [4.78, 5) is 14.5. The lowest BCUT2D eigenvalue weighted by Crippen LogP contribution is -2.42. The minimum absolute atomic E-state index is 0.0424. The number of rotatable bonds is 4. The molecule has 1 heterocycles. The van der Waals surface area contributed by atoms with E-state index in [4.69, 9.17) is 9.47 Å². The molecule has 0 saturated carbocycles. The van der Waals surface area contributed by atoms with Crippen LogP contribution < -0.4 is 4.74 Å². The number of aryl methyl sites for hydroxylation is 1. The van der Waals surface area contributed by atoms with Gasteiger partial charge in [-0.15, -0.1) is 0 Å². The van der Waals surface area contributed by atoms with Crippen LogP contribution >= 0.6 is 0 Å². The molecule has 126 valence electrons. The summed E-state index contributed by atoms with van der Waals surface area (Å²) < 4.78 is 11.0. The molecule has 0 aromatic heterocycles. The zero-order chi connectivity index (χ0) is 16.9. The van der Waals surface area contributed by atoms with Gasteiger partial charge in [0, 0.05) is 6.54 Å². The molecule has 4 nitrogen and oxygen atoms in total. The fourth-order valence-electron chi connectivity index (χ4n) is 2.89. The van der Waals surface area contributed by atoms with Gasteiger partial charge in [0.05, 0.1) is 26.7 Å². The molecular formula is C20H23NO3. The fourth-order valence-corrected chi connectivity index (χ4v) is 2.89. The first-order valence-corrected chi connectivity index (χ1v) is 8.24. The number of carbonyl (C=O) groups excluding carboxylic acids is 1. The number of benzene rings is 2. The molecule has 0 aliphatic carbocycles. The molecule has 2 aromatic rings. The predicted molar refractivity (Wildman–Crippen MR) is 93.2 cm³/mol. The quantitative estimate of drug-likeness (QED) is 0.867. The van der Waals surface area contributed by atoms with Gasteiger partial charge in [-0.2, -0.15) is 0 Å². The van der Waals surface area contributed by atoms with Crippen molar-refractivity contribution < 1.29 is 14.3 Å². The first-order valence-electron chi connectivity index (χ1n) is 8.24. The van der Waals surface area contributed by atoms with E-state index in [-0.39, 0.29) is 12.0 Å². The van der Waals surface area contributed by atoms with Crippen molar-refractivity contribution in [2.24, 2.45) is 0 Å². The van der Waals surface area contributed by atoms with Gasteiger partial charge < -0.3 is 14.4 Å². The second kappa shape index (κ2) is 7.49. The minimum Gasteiger partial charge on any atom is -0.497 e. The second-order valence-electron chi connectivity index (χ2n) is 6.13. The maximum absolute atomic E-state index is 12.6. The maximum atomic E-state index is 12.6. The molecule has 2 aromatic carbocycles. The molecule has 1 amide bonds. The van der Waals surface area contributed by atoms with E-state index in [2.05, 4.69) is 31.2 Å². The summed E-state index contributed by atoms with van der Waals surface area (Å²) in [5, 5.41) is 0. The van der Waals surface area contributed by atoms with Gasteiger partial charge >= 0.3 is 0 Å². The molecule has 1 atom stereocenters. The summed E-state index contributed by atoms with van der Waals surface area (Å²) in [5.41, 5.74) is 3.35. The lowest BCUT2D eigenvalue weighted by molar-refractivity contribution is -0.138. The van der Waals surface area contributed by atoms with Gasteiger partial charge in [0.25, 0.3) is 0 Å². The number of carbonyl (C=O) groups is 1. The number of hydrogen-bond donors (Lipinski definition) is 0. The lowest BCUT2D eigenvalue weighted by atomic mass is 10.1. The van der Waals surface area contributed by atoms with Crippen LogP contribution in [0.25, 0.3) is 0 Å². The number of nitrogens with zero attached hydrogens (tertiary/aromatic N) is 1. The molecule has 0 N–H and O–H groups in total. The molecule has 0 radical (unpaired) electrons. The Kier molecular flexibility index (Phi) is 5.16. The summed E-state index contributed by atoms with van der Waals surface area (Å²) in [7, 11) is 1.64. The molecule has 1 saturated heterocycles. The van der Waals surface area contributed by atoms with Crippen LogP contribution in [0.5, 0.6) is 5.75 Å². The summed E-state index contributed by atoms with van der Waals surface area (Å²) in [6.45, 7) is 3.90. The molecule has 4 heteroatoms. The number of morpholine rings is 1. The summed E-state index contributed by atoms with van der Waals surface area (Å²) in [6, 6.07) is 16.0. The Hall–Kier alpha value is -2.33. The van der Waals surface area contributed by atoms with Crippen LogP contribution in [0.15, 0.2) is 48.5 Å². The molecule has 1 fully saturated rings. The van der Waals surface area contributed by atoms with Crippen LogP contribution in [-0.4, -0.2) is 37.6 Å². The van der Waals surface area contributed by atoms with E-state index < -0.39 is 0 Å². The molecule has 3 rings (SSSR count). The highest BCUT2D eigenvalue weighted by atomic mass is 16.5. The van der Waals surface area contributed by atoms with Crippen LogP contribution in [-0.2, 0) is 16.0 Å². The highest BCUT2D eigenvalue weighted by Gasteiger charge is 2.25. The van der Waals surface area contributed by atoms with Crippen LogP contribution in [0.1, 0.15) is 22.8 Å². The zero-order valence-electron chi connectivity index (χ0n) is 14.2. The monoisotopic (exact) mass is 325 g/mol. The van der Waals surface area contributed by atoms with Crippen molar-refractivity contribution in [3.8, 4) is 5.75 Å².